The average molecular weight is 706 g/mol. The predicted molar refractivity (Wildman–Crippen MR) is 173 cm³/mol. The van der Waals surface area contributed by atoms with Crippen molar-refractivity contribution in [3.05, 3.63) is 102 Å². The molecule has 2 aromatic heterocycles. The van der Waals surface area contributed by atoms with Crippen LogP contribution in [-0.4, -0.2) is 44.8 Å². The van der Waals surface area contributed by atoms with E-state index in [1.54, 1.807) is 34.7 Å². The Kier molecular flexibility index (Phi) is 10.4. The van der Waals surface area contributed by atoms with Crippen molar-refractivity contribution in [2.75, 3.05) is 13.1 Å². The molecule has 47 heavy (non-hydrogen) atoms. The second-order valence-corrected chi connectivity index (χ2v) is 12.2. The number of nitrogens with two attached hydrogens (primary N) is 1. The normalized spacial score (nSPS) is 13.9. The summed E-state index contributed by atoms with van der Waals surface area (Å²) in [6.07, 6.45) is -1.59. The lowest BCUT2D eigenvalue weighted by Gasteiger charge is -2.26. The van der Waals surface area contributed by atoms with Gasteiger partial charge < -0.3 is 5.73 Å². The first-order valence-corrected chi connectivity index (χ1v) is 15.6. The summed E-state index contributed by atoms with van der Waals surface area (Å²) in [4.78, 5) is 29.9. The SMILES string of the molecule is NC(=NCc1c(C(=O)NN2CCCCC2)nn(-c2ccc(Cl)cc2Cl)c1-c1ccc(C#Cc2ccc(C(F)(F)F)cc2)s1)N[N+](=O)[O-]. The first kappa shape index (κ1) is 33.7. The zero-order valence-electron chi connectivity index (χ0n) is 24.3. The van der Waals surface area contributed by atoms with Gasteiger partial charge in [-0.25, -0.2) is 24.8 Å². The molecule has 244 valence electrons. The van der Waals surface area contributed by atoms with Gasteiger partial charge in [-0.3, -0.25) is 10.2 Å². The van der Waals surface area contributed by atoms with Crippen molar-refractivity contribution in [2.24, 2.45) is 10.7 Å². The molecular weight excluding hydrogens is 680 g/mol. The molecule has 0 atom stereocenters. The van der Waals surface area contributed by atoms with Gasteiger partial charge in [0.15, 0.2) is 10.7 Å². The number of alkyl halides is 3. The van der Waals surface area contributed by atoms with E-state index in [9.17, 15) is 28.1 Å². The number of carbonyl (C=O) groups excluding carboxylic acids is 1. The van der Waals surface area contributed by atoms with Crippen LogP contribution in [0.1, 0.15) is 51.3 Å². The minimum Gasteiger partial charge on any atom is -0.365 e. The van der Waals surface area contributed by atoms with Crippen LogP contribution in [0.5, 0.6) is 0 Å². The van der Waals surface area contributed by atoms with Crippen LogP contribution in [0.2, 0.25) is 10.0 Å². The van der Waals surface area contributed by atoms with Crippen molar-refractivity contribution in [2.45, 2.75) is 32.0 Å². The van der Waals surface area contributed by atoms with E-state index in [0.717, 1.165) is 31.4 Å². The number of guanidine groups is 1. The van der Waals surface area contributed by atoms with E-state index in [1.165, 1.54) is 34.2 Å². The molecule has 1 amide bonds. The number of nitro groups is 1. The summed E-state index contributed by atoms with van der Waals surface area (Å²) in [7, 11) is 0. The Morgan fingerprint density at radius 1 is 1.09 bits per heavy atom. The fourth-order valence-electron chi connectivity index (χ4n) is 4.77. The van der Waals surface area contributed by atoms with E-state index in [1.807, 2.05) is 0 Å². The largest absolute Gasteiger partial charge is 0.416 e. The lowest BCUT2D eigenvalue weighted by Crippen LogP contribution is -2.45. The third-order valence-corrected chi connectivity index (χ3v) is 8.49. The van der Waals surface area contributed by atoms with Gasteiger partial charge in [-0.05, 0) is 67.4 Å². The van der Waals surface area contributed by atoms with Gasteiger partial charge in [-0.1, -0.05) is 46.9 Å². The minimum atomic E-state index is -4.46. The molecule has 0 unspecified atom stereocenters. The van der Waals surface area contributed by atoms with Gasteiger partial charge in [0.25, 0.3) is 11.9 Å². The monoisotopic (exact) mass is 704 g/mol. The molecule has 11 nitrogen and oxygen atoms in total. The number of nitrogens with zero attached hydrogens (tertiary/aromatic N) is 5. The number of aliphatic imine (C=N–C) groups is 1. The number of benzene rings is 2. The molecule has 1 aliphatic heterocycles. The standard InChI is InChI=1S/C30H25Cl2F3N8O3S/c31-20-9-12-24(23(32)16-20)42-27(25-13-11-21(47-25)10-6-18-4-7-19(8-5-18)30(33,34)35)22(17-37-29(36)40-43(45)46)26(38-42)28(44)39-41-14-2-1-3-15-41/h4-5,7-9,11-13,16H,1-3,14-15,17H2,(H,39,44)(H3,36,37,40). The highest BCUT2D eigenvalue weighted by Crippen LogP contribution is 2.37. The smallest absolute Gasteiger partial charge is 0.365 e. The Balaban J connectivity index is 1.61. The molecule has 1 aliphatic rings. The topological polar surface area (TPSA) is 144 Å². The molecule has 0 aliphatic carbocycles. The molecule has 1 saturated heterocycles. The maximum Gasteiger partial charge on any atom is 0.416 e. The zero-order chi connectivity index (χ0) is 33.7. The minimum absolute atomic E-state index is 0.0139. The molecule has 5 rings (SSSR count). The number of rotatable bonds is 7. The van der Waals surface area contributed by atoms with Crippen LogP contribution in [0, 0.1) is 22.0 Å². The average Bonchev–Trinajstić information content (AvgIpc) is 3.63. The molecule has 1 fully saturated rings. The van der Waals surface area contributed by atoms with Crippen molar-refractivity contribution in [3.63, 3.8) is 0 Å². The van der Waals surface area contributed by atoms with Gasteiger partial charge >= 0.3 is 6.18 Å². The highest BCUT2D eigenvalue weighted by atomic mass is 35.5. The Morgan fingerprint density at radius 3 is 2.47 bits per heavy atom. The van der Waals surface area contributed by atoms with E-state index in [2.05, 4.69) is 27.4 Å². The van der Waals surface area contributed by atoms with Gasteiger partial charge in [0.1, 0.15) is 0 Å². The second kappa shape index (κ2) is 14.4. The molecule has 0 bridgehead atoms. The number of hydrogen-bond donors (Lipinski definition) is 3. The summed E-state index contributed by atoms with van der Waals surface area (Å²) >= 11 is 14.0. The maximum absolute atomic E-state index is 13.7. The molecule has 2 aromatic carbocycles. The van der Waals surface area contributed by atoms with Crippen molar-refractivity contribution in [1.82, 2.24) is 25.6 Å². The molecule has 4 N–H and O–H groups in total. The zero-order valence-corrected chi connectivity index (χ0v) is 26.6. The summed E-state index contributed by atoms with van der Waals surface area (Å²) in [6, 6.07) is 12.7. The van der Waals surface area contributed by atoms with Crippen LogP contribution in [0.3, 0.4) is 0 Å². The number of nitrogens with one attached hydrogen (secondary N) is 2. The summed E-state index contributed by atoms with van der Waals surface area (Å²) in [5.41, 5.74) is 11.1. The van der Waals surface area contributed by atoms with Crippen molar-refractivity contribution in [1.29, 1.82) is 0 Å². The fourth-order valence-corrected chi connectivity index (χ4v) is 6.17. The first-order valence-electron chi connectivity index (χ1n) is 14.0. The van der Waals surface area contributed by atoms with Gasteiger partial charge in [0.05, 0.1) is 38.3 Å². The number of amides is 1. The molecule has 4 aromatic rings. The van der Waals surface area contributed by atoms with E-state index < -0.39 is 28.6 Å². The molecular formula is C30H25Cl2F3N8O3S. The van der Waals surface area contributed by atoms with Crippen molar-refractivity contribution in [3.8, 4) is 28.1 Å². The lowest BCUT2D eigenvalue weighted by molar-refractivity contribution is -0.525. The van der Waals surface area contributed by atoms with Gasteiger partial charge in [0, 0.05) is 29.2 Å². The van der Waals surface area contributed by atoms with Gasteiger partial charge in [0.2, 0.25) is 0 Å². The maximum atomic E-state index is 13.7. The molecule has 0 spiro atoms. The quantitative estimate of drug-likeness (QED) is 0.0698. The number of thiophene rings is 1. The third kappa shape index (κ3) is 8.40. The van der Waals surface area contributed by atoms with Crippen LogP contribution in [0.4, 0.5) is 13.2 Å². The van der Waals surface area contributed by atoms with Crippen LogP contribution < -0.4 is 16.6 Å². The van der Waals surface area contributed by atoms with Gasteiger partial charge in [-0.2, -0.15) is 18.3 Å². The van der Waals surface area contributed by atoms with E-state index in [4.69, 9.17) is 28.9 Å². The first-order chi connectivity index (χ1) is 22.4. The fraction of sp³-hybridized carbons (Fsp3) is 0.233. The molecule has 0 radical (unpaired) electrons. The van der Waals surface area contributed by atoms with E-state index in [-0.39, 0.29) is 17.3 Å². The van der Waals surface area contributed by atoms with E-state index >= 15 is 0 Å². The van der Waals surface area contributed by atoms with E-state index in [0.29, 0.717) is 50.4 Å². The molecule has 3 heterocycles. The Labute approximate surface area is 280 Å². The third-order valence-electron chi connectivity index (χ3n) is 6.95. The van der Waals surface area contributed by atoms with Crippen molar-refractivity contribution >= 4 is 46.4 Å². The summed E-state index contributed by atoms with van der Waals surface area (Å²) < 4.78 is 40.3. The Hall–Kier alpha value is -4.62. The summed E-state index contributed by atoms with van der Waals surface area (Å²) in [5, 5.41) is 17.1. The number of hydrogen-bond acceptors (Lipinski definition) is 7. The Bertz CT molecular complexity index is 1890. The molecule has 17 heteroatoms. The lowest BCUT2D eigenvalue weighted by atomic mass is 10.1. The van der Waals surface area contributed by atoms with Gasteiger partial charge in [-0.15, -0.1) is 11.3 Å². The summed E-state index contributed by atoms with van der Waals surface area (Å²) in [5.74, 6) is 4.80. The number of halogens is 5. The Morgan fingerprint density at radius 2 is 1.81 bits per heavy atom. The highest BCUT2D eigenvalue weighted by Gasteiger charge is 2.30. The number of piperidine rings is 1. The van der Waals surface area contributed by atoms with Crippen LogP contribution >= 0.6 is 34.5 Å². The highest BCUT2D eigenvalue weighted by molar-refractivity contribution is 7.16. The number of aromatic nitrogens is 2. The number of hydrazine groups is 2. The molecule has 0 saturated carbocycles. The number of carbonyl (C=O) groups is 1. The summed E-state index contributed by atoms with van der Waals surface area (Å²) in [6.45, 7) is 1.03. The predicted octanol–water partition coefficient (Wildman–Crippen LogP) is 6.05. The second-order valence-electron chi connectivity index (χ2n) is 10.2. The van der Waals surface area contributed by atoms with Crippen molar-refractivity contribution < 1.29 is 23.0 Å². The van der Waals surface area contributed by atoms with Crippen LogP contribution in [-0.2, 0) is 12.7 Å². The van der Waals surface area contributed by atoms with Crippen LogP contribution in [0.15, 0.2) is 59.6 Å². The van der Waals surface area contributed by atoms with Crippen LogP contribution in [0.25, 0.3) is 16.3 Å².